The van der Waals surface area contributed by atoms with Crippen molar-refractivity contribution < 1.29 is 5.11 Å². The van der Waals surface area contributed by atoms with Gasteiger partial charge in [0.1, 0.15) is 0 Å². The summed E-state index contributed by atoms with van der Waals surface area (Å²) in [5, 5.41) is 13.9. The first-order chi connectivity index (χ1) is 13.2. The molecule has 3 heterocycles. The highest BCUT2D eigenvalue weighted by Gasteiger charge is 2.18. The van der Waals surface area contributed by atoms with E-state index >= 15 is 0 Å². The van der Waals surface area contributed by atoms with Crippen LogP contribution in [-0.2, 0) is 13.1 Å². The zero-order valence-electron chi connectivity index (χ0n) is 15.2. The molecule has 1 aliphatic rings. The molecule has 0 atom stereocenters. The molecule has 1 fully saturated rings. The fourth-order valence-electron chi connectivity index (χ4n) is 3.52. The lowest BCUT2D eigenvalue weighted by Gasteiger charge is -2.36. The molecule has 0 aliphatic carbocycles. The fraction of sp³-hybridized carbons (Fsp3) is 0.421. The Labute approximate surface area is 157 Å². The van der Waals surface area contributed by atoms with Crippen molar-refractivity contribution in [2.75, 3.05) is 44.2 Å². The molecule has 1 aliphatic heterocycles. The first kappa shape index (κ1) is 17.7. The Hall–Kier alpha value is -2.71. The van der Waals surface area contributed by atoms with Crippen LogP contribution >= 0.6 is 0 Å². The van der Waals surface area contributed by atoms with Crippen LogP contribution in [0.2, 0.25) is 0 Å². The van der Waals surface area contributed by atoms with Gasteiger partial charge in [-0.15, -0.1) is 0 Å². The van der Waals surface area contributed by atoms with E-state index in [2.05, 4.69) is 19.9 Å². The van der Waals surface area contributed by atoms with Gasteiger partial charge in [0, 0.05) is 50.8 Å². The first-order valence-electron chi connectivity index (χ1n) is 9.29. The second kappa shape index (κ2) is 7.89. The number of anilines is 1. The Balaban J connectivity index is 1.41. The largest absolute Gasteiger partial charge is 0.395 e. The van der Waals surface area contributed by atoms with Crippen molar-refractivity contribution >= 4 is 16.6 Å². The van der Waals surface area contributed by atoms with Gasteiger partial charge in [-0.2, -0.15) is 5.10 Å². The SMILES string of the molecule is O=c1c2ccc(N3CCN(CCn4cccn4)CC3)cc2ncn1CCO. The second-order valence-electron chi connectivity index (χ2n) is 6.77. The summed E-state index contributed by atoms with van der Waals surface area (Å²) in [5.74, 6) is 0. The smallest absolute Gasteiger partial charge is 0.261 e. The molecule has 27 heavy (non-hydrogen) atoms. The number of aliphatic hydroxyl groups excluding tert-OH is 1. The maximum absolute atomic E-state index is 12.4. The lowest BCUT2D eigenvalue weighted by atomic mass is 10.2. The molecule has 4 rings (SSSR count). The molecule has 0 saturated carbocycles. The molecule has 2 aromatic heterocycles. The third kappa shape index (κ3) is 3.86. The molecule has 8 nitrogen and oxygen atoms in total. The number of aliphatic hydroxyl groups is 1. The van der Waals surface area contributed by atoms with E-state index in [0.29, 0.717) is 10.9 Å². The topological polar surface area (TPSA) is 79.4 Å². The Morgan fingerprint density at radius 3 is 2.67 bits per heavy atom. The summed E-state index contributed by atoms with van der Waals surface area (Å²) in [6.45, 7) is 6.01. The van der Waals surface area contributed by atoms with Gasteiger partial charge in [0.2, 0.25) is 0 Å². The molecular weight excluding hydrogens is 344 g/mol. The summed E-state index contributed by atoms with van der Waals surface area (Å²) in [6.07, 6.45) is 5.31. The Morgan fingerprint density at radius 2 is 1.93 bits per heavy atom. The normalized spacial score (nSPS) is 15.5. The number of benzene rings is 1. The van der Waals surface area contributed by atoms with Gasteiger partial charge in [-0.25, -0.2) is 4.98 Å². The van der Waals surface area contributed by atoms with Crippen molar-refractivity contribution in [3.05, 3.63) is 53.3 Å². The molecule has 0 radical (unpaired) electrons. The molecule has 1 N–H and O–H groups in total. The van der Waals surface area contributed by atoms with Crippen LogP contribution < -0.4 is 10.5 Å². The Bertz CT molecular complexity index is 944. The van der Waals surface area contributed by atoms with E-state index in [1.807, 2.05) is 41.3 Å². The number of fused-ring (bicyclic) bond motifs is 1. The predicted molar refractivity (Wildman–Crippen MR) is 104 cm³/mol. The maximum atomic E-state index is 12.4. The summed E-state index contributed by atoms with van der Waals surface area (Å²) >= 11 is 0. The number of hydrogen-bond acceptors (Lipinski definition) is 6. The van der Waals surface area contributed by atoms with Gasteiger partial charge in [-0.1, -0.05) is 0 Å². The summed E-state index contributed by atoms with van der Waals surface area (Å²) in [6, 6.07) is 7.77. The monoisotopic (exact) mass is 368 g/mol. The van der Waals surface area contributed by atoms with E-state index in [1.165, 1.54) is 10.9 Å². The van der Waals surface area contributed by atoms with Crippen LogP contribution in [-0.4, -0.2) is 68.7 Å². The molecular formula is C19H24N6O2. The zero-order valence-corrected chi connectivity index (χ0v) is 15.2. The predicted octanol–water partition coefficient (Wildman–Crippen LogP) is 0.407. The first-order valence-corrected chi connectivity index (χ1v) is 9.29. The molecule has 1 saturated heterocycles. The molecule has 0 amide bonds. The fourth-order valence-corrected chi connectivity index (χ4v) is 3.52. The van der Waals surface area contributed by atoms with Gasteiger partial charge in [0.15, 0.2) is 0 Å². The molecule has 0 unspecified atom stereocenters. The molecule has 0 bridgehead atoms. The highest BCUT2D eigenvalue weighted by atomic mass is 16.3. The van der Waals surface area contributed by atoms with Crippen molar-refractivity contribution in [3.63, 3.8) is 0 Å². The van der Waals surface area contributed by atoms with E-state index in [9.17, 15) is 4.79 Å². The van der Waals surface area contributed by atoms with Gasteiger partial charge in [0.05, 0.1) is 36.9 Å². The van der Waals surface area contributed by atoms with Crippen LogP contribution in [0, 0.1) is 0 Å². The van der Waals surface area contributed by atoms with Crippen LogP contribution in [0.3, 0.4) is 0 Å². The lowest BCUT2D eigenvalue weighted by molar-refractivity contribution is 0.244. The van der Waals surface area contributed by atoms with Crippen LogP contribution in [0.1, 0.15) is 0 Å². The molecule has 142 valence electrons. The third-order valence-electron chi connectivity index (χ3n) is 5.09. The molecule has 3 aromatic rings. The van der Waals surface area contributed by atoms with Crippen LogP contribution in [0.5, 0.6) is 0 Å². The summed E-state index contributed by atoms with van der Waals surface area (Å²) < 4.78 is 3.41. The minimum absolute atomic E-state index is 0.0736. The zero-order chi connectivity index (χ0) is 18.6. The quantitative estimate of drug-likeness (QED) is 0.679. The van der Waals surface area contributed by atoms with E-state index in [1.54, 1.807) is 0 Å². The van der Waals surface area contributed by atoms with Crippen LogP contribution in [0.4, 0.5) is 5.69 Å². The molecule has 0 spiro atoms. The van der Waals surface area contributed by atoms with Crippen molar-refractivity contribution in [2.24, 2.45) is 0 Å². The minimum atomic E-state index is -0.107. The number of nitrogens with zero attached hydrogens (tertiary/aromatic N) is 6. The van der Waals surface area contributed by atoms with Crippen molar-refractivity contribution in [2.45, 2.75) is 13.1 Å². The lowest BCUT2D eigenvalue weighted by Crippen LogP contribution is -2.47. The van der Waals surface area contributed by atoms with Crippen LogP contribution in [0.15, 0.2) is 47.8 Å². The van der Waals surface area contributed by atoms with Gasteiger partial charge >= 0.3 is 0 Å². The minimum Gasteiger partial charge on any atom is -0.395 e. The van der Waals surface area contributed by atoms with Crippen molar-refractivity contribution in [3.8, 4) is 0 Å². The Morgan fingerprint density at radius 1 is 1.07 bits per heavy atom. The standard InChI is InChI=1S/C19H24N6O2/c26-13-12-24-15-20-18-14-16(2-3-17(18)19(24)27)23-9-6-22(7-10-23)8-11-25-5-1-4-21-25/h1-5,14-15,26H,6-13H2. The number of rotatable bonds is 6. The number of hydrogen-bond donors (Lipinski definition) is 1. The average molecular weight is 368 g/mol. The number of piperazine rings is 1. The van der Waals surface area contributed by atoms with Gasteiger partial charge < -0.3 is 10.0 Å². The van der Waals surface area contributed by atoms with Gasteiger partial charge in [0.25, 0.3) is 5.56 Å². The van der Waals surface area contributed by atoms with E-state index in [-0.39, 0.29) is 18.7 Å². The third-order valence-corrected chi connectivity index (χ3v) is 5.09. The van der Waals surface area contributed by atoms with E-state index in [0.717, 1.165) is 45.0 Å². The molecule has 8 heteroatoms. The summed E-state index contributed by atoms with van der Waals surface area (Å²) in [5.41, 5.74) is 1.69. The van der Waals surface area contributed by atoms with E-state index in [4.69, 9.17) is 5.11 Å². The second-order valence-corrected chi connectivity index (χ2v) is 6.77. The van der Waals surface area contributed by atoms with Gasteiger partial charge in [-0.05, 0) is 24.3 Å². The van der Waals surface area contributed by atoms with Crippen molar-refractivity contribution in [1.29, 1.82) is 0 Å². The van der Waals surface area contributed by atoms with Crippen molar-refractivity contribution in [1.82, 2.24) is 24.2 Å². The number of aromatic nitrogens is 4. The van der Waals surface area contributed by atoms with E-state index < -0.39 is 0 Å². The summed E-state index contributed by atoms with van der Waals surface area (Å²) in [4.78, 5) is 21.6. The average Bonchev–Trinajstić information content (AvgIpc) is 3.22. The summed E-state index contributed by atoms with van der Waals surface area (Å²) in [7, 11) is 0. The maximum Gasteiger partial charge on any atom is 0.261 e. The van der Waals surface area contributed by atoms with Crippen LogP contribution in [0.25, 0.3) is 10.9 Å². The highest BCUT2D eigenvalue weighted by Crippen LogP contribution is 2.20. The Kier molecular flexibility index (Phi) is 5.17. The molecule has 1 aromatic carbocycles. The van der Waals surface area contributed by atoms with Gasteiger partial charge in [-0.3, -0.25) is 18.9 Å². The highest BCUT2D eigenvalue weighted by molar-refractivity contribution is 5.81.